The van der Waals surface area contributed by atoms with E-state index in [1.165, 1.54) is 37.8 Å². The second-order valence-corrected chi connectivity index (χ2v) is 3.31. The summed E-state index contributed by atoms with van der Waals surface area (Å²) >= 11 is 0. The van der Waals surface area contributed by atoms with Crippen LogP contribution in [0.2, 0.25) is 0 Å². The highest BCUT2D eigenvalue weighted by Crippen LogP contribution is 2.20. The molecule has 0 bridgehead atoms. The Bertz CT molecular complexity index is 523. The summed E-state index contributed by atoms with van der Waals surface area (Å²) in [6, 6.07) is 5.70. The summed E-state index contributed by atoms with van der Waals surface area (Å²) in [7, 11) is 1.44. The minimum atomic E-state index is -0.554. The molecule has 0 radical (unpaired) electrons. The molecule has 88 valence electrons. The van der Waals surface area contributed by atoms with E-state index in [1.807, 2.05) is 0 Å². The van der Waals surface area contributed by atoms with Gasteiger partial charge in [0.05, 0.1) is 24.6 Å². The molecule has 4 nitrogen and oxygen atoms in total. The average Bonchev–Trinajstić information content (AvgIpc) is 2.85. The van der Waals surface area contributed by atoms with E-state index in [4.69, 9.17) is 9.15 Å². The topological polar surface area (TPSA) is 51.5 Å². The van der Waals surface area contributed by atoms with E-state index in [2.05, 4.69) is 5.32 Å². The van der Waals surface area contributed by atoms with E-state index in [1.54, 1.807) is 6.07 Å². The Hall–Kier alpha value is -2.30. The van der Waals surface area contributed by atoms with Crippen LogP contribution in [0, 0.1) is 5.82 Å². The first-order valence-corrected chi connectivity index (χ1v) is 4.88. The number of methoxy groups -OCH3 is 1. The predicted octanol–water partition coefficient (Wildman–Crippen LogP) is 2.68. The predicted molar refractivity (Wildman–Crippen MR) is 59.6 cm³/mol. The summed E-state index contributed by atoms with van der Waals surface area (Å²) < 4.78 is 23.1. The van der Waals surface area contributed by atoms with Crippen LogP contribution in [0.3, 0.4) is 0 Å². The molecule has 17 heavy (non-hydrogen) atoms. The number of nitrogens with one attached hydrogen (secondary N) is 1. The fourth-order valence-corrected chi connectivity index (χ4v) is 1.31. The molecule has 1 heterocycles. The van der Waals surface area contributed by atoms with Gasteiger partial charge in [-0.05, 0) is 18.2 Å². The number of hydrogen-bond donors (Lipinski definition) is 1. The van der Waals surface area contributed by atoms with Gasteiger partial charge in [0, 0.05) is 6.07 Å². The van der Waals surface area contributed by atoms with Crippen LogP contribution in [0.4, 0.5) is 10.1 Å². The molecule has 1 N–H and O–H groups in total. The molecule has 1 aromatic heterocycles. The van der Waals surface area contributed by atoms with Gasteiger partial charge in [-0.15, -0.1) is 0 Å². The number of anilines is 1. The van der Waals surface area contributed by atoms with E-state index in [0.717, 1.165) is 0 Å². The monoisotopic (exact) mass is 235 g/mol. The van der Waals surface area contributed by atoms with E-state index in [9.17, 15) is 9.18 Å². The lowest BCUT2D eigenvalue weighted by atomic mass is 10.2. The fraction of sp³-hybridized carbons (Fsp3) is 0.0833. The SMILES string of the molecule is COc1ccc(NC(=O)c2ccoc2)c(F)c1. The number of halogens is 1. The minimum Gasteiger partial charge on any atom is -0.497 e. The Labute approximate surface area is 97.0 Å². The Balaban J connectivity index is 2.16. The Morgan fingerprint density at radius 3 is 2.82 bits per heavy atom. The third-order valence-electron chi connectivity index (χ3n) is 2.21. The number of carbonyl (C=O) groups is 1. The van der Waals surface area contributed by atoms with Crippen molar-refractivity contribution in [2.24, 2.45) is 0 Å². The quantitative estimate of drug-likeness (QED) is 0.889. The number of ether oxygens (including phenoxy) is 1. The second-order valence-electron chi connectivity index (χ2n) is 3.31. The molecular formula is C12H10FNO3. The van der Waals surface area contributed by atoms with Gasteiger partial charge in [0.25, 0.3) is 5.91 Å². The van der Waals surface area contributed by atoms with Crippen molar-refractivity contribution in [2.75, 3.05) is 12.4 Å². The summed E-state index contributed by atoms with van der Waals surface area (Å²) in [6.45, 7) is 0. The van der Waals surface area contributed by atoms with Gasteiger partial charge in [-0.2, -0.15) is 0 Å². The summed E-state index contributed by atoms with van der Waals surface area (Å²) in [6.07, 6.45) is 2.66. The standard InChI is InChI=1S/C12H10FNO3/c1-16-9-2-3-11(10(13)6-9)14-12(15)8-4-5-17-7-8/h2-7H,1H3,(H,14,15). The smallest absolute Gasteiger partial charge is 0.258 e. The maximum Gasteiger partial charge on any atom is 0.258 e. The van der Waals surface area contributed by atoms with Crippen LogP contribution in [0.1, 0.15) is 10.4 Å². The van der Waals surface area contributed by atoms with Crippen LogP contribution in [-0.2, 0) is 0 Å². The molecule has 0 aliphatic heterocycles. The number of furan rings is 1. The third kappa shape index (κ3) is 2.44. The first-order chi connectivity index (χ1) is 8.20. The van der Waals surface area contributed by atoms with Gasteiger partial charge in [-0.25, -0.2) is 4.39 Å². The molecule has 2 aromatic rings. The molecule has 1 amide bonds. The molecule has 0 aliphatic rings. The van der Waals surface area contributed by atoms with Gasteiger partial charge in [-0.1, -0.05) is 0 Å². The Kier molecular flexibility index (Phi) is 3.09. The van der Waals surface area contributed by atoms with Crippen molar-refractivity contribution in [1.29, 1.82) is 0 Å². The number of rotatable bonds is 3. The summed E-state index contributed by atoms with van der Waals surface area (Å²) in [5.41, 5.74) is 0.428. The summed E-state index contributed by atoms with van der Waals surface area (Å²) in [5.74, 6) is -0.590. The highest BCUT2D eigenvalue weighted by atomic mass is 19.1. The number of hydrogen-bond acceptors (Lipinski definition) is 3. The largest absolute Gasteiger partial charge is 0.497 e. The number of benzene rings is 1. The van der Waals surface area contributed by atoms with Gasteiger partial charge >= 0.3 is 0 Å². The van der Waals surface area contributed by atoms with Gasteiger partial charge < -0.3 is 14.5 Å². The molecule has 0 saturated heterocycles. The van der Waals surface area contributed by atoms with E-state index < -0.39 is 11.7 Å². The molecular weight excluding hydrogens is 225 g/mol. The van der Waals surface area contributed by atoms with Gasteiger partial charge in [0.1, 0.15) is 17.8 Å². The van der Waals surface area contributed by atoms with Crippen LogP contribution >= 0.6 is 0 Å². The van der Waals surface area contributed by atoms with Gasteiger partial charge in [-0.3, -0.25) is 4.79 Å². The molecule has 0 fully saturated rings. The average molecular weight is 235 g/mol. The van der Waals surface area contributed by atoms with Crippen molar-refractivity contribution in [3.05, 3.63) is 48.2 Å². The number of carbonyl (C=O) groups excluding carboxylic acids is 1. The lowest BCUT2D eigenvalue weighted by Crippen LogP contribution is -2.12. The van der Waals surface area contributed by atoms with E-state index in [0.29, 0.717) is 11.3 Å². The molecule has 0 saturated carbocycles. The highest BCUT2D eigenvalue weighted by molar-refractivity contribution is 6.04. The van der Waals surface area contributed by atoms with Crippen LogP contribution in [-0.4, -0.2) is 13.0 Å². The first kappa shape index (κ1) is 11.2. The van der Waals surface area contributed by atoms with E-state index in [-0.39, 0.29) is 5.69 Å². The van der Waals surface area contributed by atoms with Gasteiger partial charge in [0.15, 0.2) is 0 Å². The zero-order valence-electron chi connectivity index (χ0n) is 9.07. The summed E-state index contributed by atoms with van der Waals surface area (Å²) in [5, 5.41) is 2.43. The van der Waals surface area contributed by atoms with Crippen LogP contribution in [0.25, 0.3) is 0 Å². The van der Waals surface area contributed by atoms with Gasteiger partial charge in [0.2, 0.25) is 0 Å². The van der Waals surface area contributed by atoms with Crippen LogP contribution < -0.4 is 10.1 Å². The second kappa shape index (κ2) is 4.69. The zero-order valence-corrected chi connectivity index (χ0v) is 9.07. The maximum absolute atomic E-state index is 13.5. The molecule has 5 heteroatoms. The van der Waals surface area contributed by atoms with E-state index >= 15 is 0 Å². The number of amides is 1. The lowest BCUT2D eigenvalue weighted by Gasteiger charge is -2.06. The van der Waals surface area contributed by atoms with Crippen molar-refractivity contribution >= 4 is 11.6 Å². The zero-order chi connectivity index (χ0) is 12.3. The van der Waals surface area contributed by atoms with Crippen molar-refractivity contribution in [2.45, 2.75) is 0 Å². The molecule has 2 rings (SSSR count). The highest BCUT2D eigenvalue weighted by Gasteiger charge is 2.10. The fourth-order valence-electron chi connectivity index (χ4n) is 1.31. The molecule has 1 aromatic carbocycles. The van der Waals surface area contributed by atoms with Crippen LogP contribution in [0.15, 0.2) is 41.2 Å². The Morgan fingerprint density at radius 2 is 2.24 bits per heavy atom. The van der Waals surface area contributed by atoms with Crippen molar-refractivity contribution < 1.29 is 18.3 Å². The molecule has 0 spiro atoms. The van der Waals surface area contributed by atoms with Crippen molar-refractivity contribution in [3.8, 4) is 5.75 Å². The lowest BCUT2D eigenvalue weighted by molar-refractivity contribution is 0.102. The normalized spacial score (nSPS) is 10.0. The van der Waals surface area contributed by atoms with Crippen molar-refractivity contribution in [1.82, 2.24) is 0 Å². The molecule has 0 atom stereocenters. The van der Waals surface area contributed by atoms with Crippen molar-refractivity contribution in [3.63, 3.8) is 0 Å². The maximum atomic E-state index is 13.5. The Morgan fingerprint density at radius 1 is 1.41 bits per heavy atom. The minimum absolute atomic E-state index is 0.0944. The third-order valence-corrected chi connectivity index (χ3v) is 2.21. The summed E-state index contributed by atoms with van der Waals surface area (Å²) in [4.78, 5) is 11.6. The molecule has 0 unspecified atom stereocenters. The van der Waals surface area contributed by atoms with Crippen LogP contribution in [0.5, 0.6) is 5.75 Å². The molecule has 0 aliphatic carbocycles. The first-order valence-electron chi connectivity index (χ1n) is 4.88.